The van der Waals surface area contributed by atoms with Crippen molar-refractivity contribution in [2.75, 3.05) is 31.5 Å². The zero-order chi connectivity index (χ0) is 24.1. The predicted octanol–water partition coefficient (Wildman–Crippen LogP) is 2.75. The minimum absolute atomic E-state index is 0.000822. The van der Waals surface area contributed by atoms with Crippen LogP contribution < -0.4 is 5.32 Å². The van der Waals surface area contributed by atoms with Gasteiger partial charge < -0.3 is 5.32 Å². The van der Waals surface area contributed by atoms with Crippen LogP contribution in [0.2, 0.25) is 0 Å². The van der Waals surface area contributed by atoms with E-state index in [0.29, 0.717) is 26.2 Å². The van der Waals surface area contributed by atoms with E-state index in [1.807, 2.05) is 30.3 Å². The Bertz CT molecular complexity index is 1290. The Kier molecular flexibility index (Phi) is 6.96. The van der Waals surface area contributed by atoms with Crippen LogP contribution in [-0.4, -0.2) is 59.6 Å². The quantitative estimate of drug-likeness (QED) is 0.406. The molecule has 1 amide bonds. The molecule has 0 spiro atoms. The van der Waals surface area contributed by atoms with Crippen LogP contribution in [-0.2, 0) is 16.6 Å². The summed E-state index contributed by atoms with van der Waals surface area (Å²) in [6, 6.07) is 17.0. The summed E-state index contributed by atoms with van der Waals surface area (Å²) in [7, 11) is -3.80. The number of carbonyl (C=O) groups excluding carboxylic acids is 1. The molecule has 1 aliphatic heterocycles. The highest BCUT2D eigenvalue weighted by molar-refractivity contribution is 7.89. The summed E-state index contributed by atoms with van der Waals surface area (Å²) in [5.74, 6) is -0.654. The van der Waals surface area contributed by atoms with E-state index in [9.17, 15) is 23.3 Å². The lowest BCUT2D eigenvalue weighted by atomic mass is 10.2. The first-order chi connectivity index (χ1) is 16.3. The second-order valence-electron chi connectivity index (χ2n) is 7.80. The van der Waals surface area contributed by atoms with Gasteiger partial charge in [0.05, 0.1) is 9.82 Å². The Hall–Kier alpha value is -3.67. The SMILES string of the molecule is O=C(Nc1ccncc1[N+](=O)[O-])c1cccc(S(=O)(=O)N2CCN(Cc3ccccc3)CC2)c1. The van der Waals surface area contributed by atoms with E-state index in [1.165, 1.54) is 46.4 Å². The van der Waals surface area contributed by atoms with Crippen LogP contribution >= 0.6 is 0 Å². The number of sulfonamides is 1. The number of aromatic nitrogens is 1. The third-order valence-corrected chi connectivity index (χ3v) is 7.45. The zero-order valence-corrected chi connectivity index (χ0v) is 19.0. The molecule has 0 radical (unpaired) electrons. The van der Waals surface area contributed by atoms with E-state index in [0.717, 1.165) is 12.7 Å². The van der Waals surface area contributed by atoms with Gasteiger partial charge in [-0.15, -0.1) is 0 Å². The van der Waals surface area contributed by atoms with Gasteiger partial charge in [-0.3, -0.25) is 24.8 Å². The number of benzene rings is 2. The summed E-state index contributed by atoms with van der Waals surface area (Å²) in [4.78, 5) is 29.1. The van der Waals surface area contributed by atoms with Gasteiger partial charge in [-0.05, 0) is 29.8 Å². The highest BCUT2D eigenvalue weighted by Gasteiger charge is 2.29. The van der Waals surface area contributed by atoms with Gasteiger partial charge >= 0.3 is 5.69 Å². The number of piperazine rings is 1. The number of nitrogens with zero attached hydrogens (tertiary/aromatic N) is 4. The second-order valence-corrected chi connectivity index (χ2v) is 9.74. The van der Waals surface area contributed by atoms with Crippen molar-refractivity contribution in [1.29, 1.82) is 0 Å². The summed E-state index contributed by atoms with van der Waals surface area (Å²) in [5.41, 5.74) is 0.877. The number of anilines is 1. The van der Waals surface area contributed by atoms with Crippen molar-refractivity contribution >= 4 is 27.3 Å². The van der Waals surface area contributed by atoms with E-state index in [-0.39, 0.29) is 21.8 Å². The van der Waals surface area contributed by atoms with Crippen molar-refractivity contribution in [3.63, 3.8) is 0 Å². The van der Waals surface area contributed by atoms with Crippen molar-refractivity contribution in [3.05, 3.63) is 94.3 Å². The maximum atomic E-state index is 13.2. The maximum absolute atomic E-state index is 13.2. The van der Waals surface area contributed by atoms with Gasteiger partial charge in [0.15, 0.2) is 0 Å². The fourth-order valence-electron chi connectivity index (χ4n) is 3.75. The lowest BCUT2D eigenvalue weighted by Crippen LogP contribution is -2.48. The smallest absolute Gasteiger partial charge is 0.310 e. The van der Waals surface area contributed by atoms with Crippen LogP contribution in [0.3, 0.4) is 0 Å². The van der Waals surface area contributed by atoms with E-state index < -0.39 is 20.9 Å². The van der Waals surface area contributed by atoms with E-state index >= 15 is 0 Å². The van der Waals surface area contributed by atoms with Crippen LogP contribution in [0.1, 0.15) is 15.9 Å². The molecular weight excluding hydrogens is 458 g/mol. The van der Waals surface area contributed by atoms with Gasteiger partial charge in [0.1, 0.15) is 11.9 Å². The number of hydrogen-bond donors (Lipinski definition) is 1. The molecule has 0 unspecified atom stereocenters. The Morgan fingerprint density at radius 3 is 2.47 bits per heavy atom. The van der Waals surface area contributed by atoms with Crippen molar-refractivity contribution in [3.8, 4) is 0 Å². The molecule has 1 saturated heterocycles. The average Bonchev–Trinajstić information content (AvgIpc) is 2.85. The van der Waals surface area contributed by atoms with Crippen molar-refractivity contribution in [2.24, 2.45) is 0 Å². The highest BCUT2D eigenvalue weighted by Crippen LogP contribution is 2.24. The number of nitrogens with one attached hydrogen (secondary N) is 1. The van der Waals surface area contributed by atoms with Crippen molar-refractivity contribution in [2.45, 2.75) is 11.4 Å². The maximum Gasteiger partial charge on any atom is 0.310 e. The Morgan fingerprint density at radius 1 is 1.03 bits per heavy atom. The van der Waals surface area contributed by atoms with Crippen LogP contribution in [0.4, 0.5) is 11.4 Å². The van der Waals surface area contributed by atoms with Gasteiger partial charge in [-0.2, -0.15) is 4.31 Å². The summed E-state index contributed by atoms with van der Waals surface area (Å²) >= 11 is 0. The number of nitro groups is 1. The molecule has 0 saturated carbocycles. The molecule has 0 aliphatic carbocycles. The summed E-state index contributed by atoms with van der Waals surface area (Å²) < 4.78 is 27.8. The normalized spacial score (nSPS) is 15.1. The molecule has 11 heteroatoms. The molecule has 176 valence electrons. The number of pyridine rings is 1. The topological polar surface area (TPSA) is 126 Å². The van der Waals surface area contributed by atoms with Crippen LogP contribution in [0.15, 0.2) is 78.0 Å². The number of amides is 1. The van der Waals surface area contributed by atoms with Crippen LogP contribution in [0.5, 0.6) is 0 Å². The van der Waals surface area contributed by atoms with Crippen molar-refractivity contribution < 1.29 is 18.1 Å². The van der Waals surface area contributed by atoms with Crippen LogP contribution in [0.25, 0.3) is 0 Å². The van der Waals surface area contributed by atoms with Gasteiger partial charge in [-0.25, -0.2) is 8.42 Å². The van der Waals surface area contributed by atoms with E-state index in [4.69, 9.17) is 0 Å². The van der Waals surface area contributed by atoms with Gasteiger partial charge in [0.2, 0.25) is 10.0 Å². The predicted molar refractivity (Wildman–Crippen MR) is 126 cm³/mol. The molecule has 2 heterocycles. The van der Waals surface area contributed by atoms with E-state index in [1.54, 1.807) is 0 Å². The van der Waals surface area contributed by atoms with Gasteiger partial charge in [0.25, 0.3) is 5.91 Å². The minimum Gasteiger partial charge on any atom is -0.316 e. The number of hydrogen-bond acceptors (Lipinski definition) is 7. The van der Waals surface area contributed by atoms with Crippen LogP contribution in [0, 0.1) is 10.1 Å². The molecular formula is C23H23N5O5S. The Morgan fingerprint density at radius 2 is 1.76 bits per heavy atom. The number of rotatable bonds is 7. The first kappa shape index (κ1) is 23.5. The molecule has 2 aromatic carbocycles. The molecule has 1 fully saturated rings. The third kappa shape index (κ3) is 5.28. The molecule has 34 heavy (non-hydrogen) atoms. The molecule has 0 atom stereocenters. The van der Waals surface area contributed by atoms with Crippen molar-refractivity contribution in [1.82, 2.24) is 14.2 Å². The minimum atomic E-state index is -3.80. The molecule has 1 aromatic heterocycles. The second kappa shape index (κ2) is 10.1. The first-order valence-corrected chi connectivity index (χ1v) is 12.0. The molecule has 1 N–H and O–H groups in total. The van der Waals surface area contributed by atoms with Gasteiger partial charge in [-0.1, -0.05) is 36.4 Å². The zero-order valence-electron chi connectivity index (χ0n) is 18.2. The number of carbonyl (C=O) groups is 1. The Labute approximate surface area is 197 Å². The largest absolute Gasteiger partial charge is 0.316 e. The summed E-state index contributed by atoms with van der Waals surface area (Å²) in [6.07, 6.45) is 2.36. The first-order valence-electron chi connectivity index (χ1n) is 10.6. The monoisotopic (exact) mass is 481 g/mol. The van der Waals surface area contributed by atoms with Gasteiger partial charge in [0, 0.05) is 44.5 Å². The summed E-state index contributed by atoms with van der Waals surface area (Å²) in [6.45, 7) is 2.63. The molecule has 10 nitrogen and oxygen atoms in total. The third-order valence-electron chi connectivity index (χ3n) is 5.56. The lowest BCUT2D eigenvalue weighted by Gasteiger charge is -2.34. The highest BCUT2D eigenvalue weighted by atomic mass is 32.2. The average molecular weight is 482 g/mol. The Balaban J connectivity index is 1.45. The fraction of sp³-hybridized carbons (Fsp3) is 0.217. The molecule has 3 aromatic rings. The molecule has 0 bridgehead atoms. The standard InChI is InChI=1S/C23H23N5O5S/c29-23(25-21-9-10-24-16-22(21)28(30)31)19-7-4-8-20(15-19)34(32,33)27-13-11-26(12-14-27)17-18-5-2-1-3-6-18/h1-10,15-16H,11-14,17H2,(H,24,25,29). The lowest BCUT2D eigenvalue weighted by molar-refractivity contribution is -0.384. The molecule has 4 rings (SSSR count). The molecule has 1 aliphatic rings. The summed E-state index contributed by atoms with van der Waals surface area (Å²) in [5, 5.41) is 13.6. The fourth-order valence-corrected chi connectivity index (χ4v) is 5.22. The van der Waals surface area contributed by atoms with E-state index in [2.05, 4.69) is 15.2 Å².